The lowest BCUT2D eigenvalue weighted by atomic mass is 9.54. The summed E-state index contributed by atoms with van der Waals surface area (Å²) in [5.74, 6) is 2.78. The topological polar surface area (TPSA) is 45.2 Å². The summed E-state index contributed by atoms with van der Waals surface area (Å²) in [6.45, 7) is 6.72. The molecule has 1 aliphatic heterocycles. The Bertz CT molecular complexity index is 401. The molecule has 1 heterocycles. The van der Waals surface area contributed by atoms with E-state index in [0.29, 0.717) is 19.8 Å². The number of piperazine rings is 1. The molecule has 4 saturated carbocycles. The second-order valence-electron chi connectivity index (χ2n) is 9.28. The number of aliphatic hydroxyl groups is 1. The van der Waals surface area contributed by atoms with E-state index < -0.39 is 0 Å². The van der Waals surface area contributed by atoms with Crippen molar-refractivity contribution < 1.29 is 14.6 Å². The molecule has 0 aromatic heterocycles. The van der Waals surface area contributed by atoms with Crippen molar-refractivity contribution in [2.75, 3.05) is 59.6 Å². The van der Waals surface area contributed by atoms with E-state index in [0.717, 1.165) is 50.5 Å². The summed E-state index contributed by atoms with van der Waals surface area (Å²) in [5.41, 5.74) is 0.177. The smallest absolute Gasteiger partial charge is 0.0900 e. The van der Waals surface area contributed by atoms with E-state index in [1.54, 1.807) is 0 Å². The molecule has 5 nitrogen and oxygen atoms in total. The quantitative estimate of drug-likeness (QED) is 0.672. The van der Waals surface area contributed by atoms with Crippen molar-refractivity contribution in [3.05, 3.63) is 0 Å². The van der Waals surface area contributed by atoms with Crippen molar-refractivity contribution in [2.45, 2.75) is 50.2 Å². The molecule has 4 bridgehead atoms. The van der Waals surface area contributed by atoms with Crippen LogP contribution in [0.2, 0.25) is 0 Å². The molecule has 5 aliphatic rings. The monoisotopic (exact) mass is 352 g/mol. The van der Waals surface area contributed by atoms with Crippen LogP contribution >= 0.6 is 0 Å². The average Bonchev–Trinajstić information content (AvgIpc) is 2.55. The molecule has 0 radical (unpaired) electrons. The Morgan fingerprint density at radius 3 is 2.16 bits per heavy atom. The van der Waals surface area contributed by atoms with Gasteiger partial charge in [0.1, 0.15) is 0 Å². The van der Waals surface area contributed by atoms with Gasteiger partial charge in [-0.05, 0) is 63.3 Å². The van der Waals surface area contributed by atoms with Gasteiger partial charge in [-0.15, -0.1) is 0 Å². The minimum absolute atomic E-state index is 0.177. The summed E-state index contributed by atoms with van der Waals surface area (Å²) in [7, 11) is 2.15. The van der Waals surface area contributed by atoms with E-state index in [1.165, 1.54) is 38.5 Å². The lowest BCUT2D eigenvalue weighted by Gasteiger charge is -2.56. The second-order valence-corrected chi connectivity index (χ2v) is 9.28. The van der Waals surface area contributed by atoms with Gasteiger partial charge in [0.05, 0.1) is 31.5 Å². The molecule has 144 valence electrons. The van der Waals surface area contributed by atoms with E-state index in [4.69, 9.17) is 9.47 Å². The van der Waals surface area contributed by atoms with E-state index in [2.05, 4.69) is 16.8 Å². The van der Waals surface area contributed by atoms with E-state index in [-0.39, 0.29) is 11.7 Å². The first kappa shape index (κ1) is 18.2. The molecular weight excluding hydrogens is 316 g/mol. The van der Waals surface area contributed by atoms with Crippen LogP contribution in [0, 0.1) is 17.8 Å². The number of aliphatic hydroxyl groups excluding tert-OH is 1. The predicted molar refractivity (Wildman–Crippen MR) is 97.6 cm³/mol. The summed E-state index contributed by atoms with van der Waals surface area (Å²) in [5, 5.41) is 10.2. The molecule has 5 heteroatoms. The molecule has 5 rings (SSSR count). The maximum atomic E-state index is 10.2. The maximum absolute atomic E-state index is 10.2. The van der Waals surface area contributed by atoms with Crippen molar-refractivity contribution in [1.82, 2.24) is 9.80 Å². The van der Waals surface area contributed by atoms with Gasteiger partial charge in [0.2, 0.25) is 0 Å². The molecule has 1 atom stereocenters. The highest BCUT2D eigenvalue weighted by molar-refractivity contribution is 5.03. The summed E-state index contributed by atoms with van der Waals surface area (Å²) >= 11 is 0. The molecular formula is C20H36N2O3. The number of likely N-dealkylation sites (N-methyl/N-ethyl adjacent to an activating group) is 1. The van der Waals surface area contributed by atoms with E-state index in [9.17, 15) is 5.11 Å². The van der Waals surface area contributed by atoms with Crippen LogP contribution in [0.3, 0.4) is 0 Å². The minimum atomic E-state index is -0.386. The van der Waals surface area contributed by atoms with Crippen molar-refractivity contribution in [3.8, 4) is 0 Å². The first-order valence-corrected chi connectivity index (χ1v) is 10.4. The summed E-state index contributed by atoms with van der Waals surface area (Å²) < 4.78 is 12.1. The largest absolute Gasteiger partial charge is 0.389 e. The molecule has 1 N–H and O–H groups in total. The van der Waals surface area contributed by atoms with Crippen molar-refractivity contribution in [2.24, 2.45) is 17.8 Å². The lowest BCUT2D eigenvalue weighted by Crippen LogP contribution is -2.52. The zero-order chi connectivity index (χ0) is 17.3. The van der Waals surface area contributed by atoms with Crippen molar-refractivity contribution >= 4 is 0 Å². The number of hydrogen-bond donors (Lipinski definition) is 1. The highest BCUT2D eigenvalue weighted by atomic mass is 16.5. The van der Waals surface area contributed by atoms with Crippen molar-refractivity contribution in [3.63, 3.8) is 0 Å². The van der Waals surface area contributed by atoms with Crippen LogP contribution in [-0.4, -0.2) is 86.2 Å². The molecule has 0 aromatic carbocycles. The number of ether oxygens (including phenoxy) is 2. The SMILES string of the molecule is CN1CCN(C[C@H](O)COCCOC23CC4CC(CC(C4)C2)C3)CC1. The van der Waals surface area contributed by atoms with Crippen molar-refractivity contribution in [1.29, 1.82) is 0 Å². The molecule has 4 aliphatic carbocycles. The summed E-state index contributed by atoms with van der Waals surface area (Å²) in [6.07, 6.45) is 7.83. The second kappa shape index (κ2) is 7.81. The van der Waals surface area contributed by atoms with Gasteiger partial charge in [-0.1, -0.05) is 0 Å². The Labute approximate surface area is 152 Å². The Balaban J connectivity index is 1.10. The van der Waals surface area contributed by atoms with Gasteiger partial charge in [-0.3, -0.25) is 4.90 Å². The first-order valence-electron chi connectivity index (χ1n) is 10.4. The standard InChI is InChI=1S/C20H36N2O3/c1-21-2-4-22(5-3-21)14-19(23)15-24-6-7-25-20-11-16-8-17(12-20)10-18(9-16)13-20/h16-19,23H,2-15H2,1H3/t16?,17?,18?,19-,20?/m0/s1. The highest BCUT2D eigenvalue weighted by Gasteiger charge is 2.51. The van der Waals surface area contributed by atoms with Gasteiger partial charge < -0.3 is 19.5 Å². The normalized spacial score (nSPS) is 39.8. The third-order valence-electron chi connectivity index (χ3n) is 6.99. The number of hydrogen-bond acceptors (Lipinski definition) is 5. The zero-order valence-corrected chi connectivity index (χ0v) is 15.9. The predicted octanol–water partition coefficient (Wildman–Crippen LogP) is 1.60. The Kier molecular flexibility index (Phi) is 5.68. The Morgan fingerprint density at radius 1 is 0.960 bits per heavy atom. The Morgan fingerprint density at radius 2 is 1.56 bits per heavy atom. The van der Waals surface area contributed by atoms with Crippen LogP contribution in [0.15, 0.2) is 0 Å². The fraction of sp³-hybridized carbons (Fsp3) is 1.00. The van der Waals surface area contributed by atoms with Gasteiger partial charge >= 0.3 is 0 Å². The van der Waals surface area contributed by atoms with Crippen LogP contribution in [-0.2, 0) is 9.47 Å². The fourth-order valence-corrected chi connectivity index (χ4v) is 6.13. The summed E-state index contributed by atoms with van der Waals surface area (Å²) in [4.78, 5) is 4.67. The number of rotatable bonds is 8. The zero-order valence-electron chi connectivity index (χ0n) is 15.9. The van der Waals surface area contributed by atoms with Crippen LogP contribution in [0.25, 0.3) is 0 Å². The van der Waals surface area contributed by atoms with Gasteiger partial charge in [-0.2, -0.15) is 0 Å². The maximum Gasteiger partial charge on any atom is 0.0900 e. The molecule has 5 fully saturated rings. The number of nitrogens with zero attached hydrogens (tertiary/aromatic N) is 2. The van der Waals surface area contributed by atoms with Gasteiger partial charge in [0, 0.05) is 32.7 Å². The van der Waals surface area contributed by atoms with E-state index >= 15 is 0 Å². The average molecular weight is 353 g/mol. The third-order valence-corrected chi connectivity index (χ3v) is 6.99. The number of β-amino-alcohol motifs (C(OH)–C–C–N with tert-alkyl or cyclic N) is 1. The van der Waals surface area contributed by atoms with Crippen LogP contribution in [0.1, 0.15) is 38.5 Å². The molecule has 0 amide bonds. The Hall–Kier alpha value is -0.200. The van der Waals surface area contributed by atoms with Crippen LogP contribution in [0.5, 0.6) is 0 Å². The van der Waals surface area contributed by atoms with Gasteiger partial charge in [0.15, 0.2) is 0 Å². The molecule has 25 heavy (non-hydrogen) atoms. The molecule has 1 saturated heterocycles. The molecule has 0 unspecified atom stereocenters. The summed E-state index contributed by atoms with van der Waals surface area (Å²) in [6, 6.07) is 0. The van der Waals surface area contributed by atoms with E-state index in [1.807, 2.05) is 0 Å². The minimum Gasteiger partial charge on any atom is -0.389 e. The van der Waals surface area contributed by atoms with Gasteiger partial charge in [-0.25, -0.2) is 0 Å². The molecule has 0 aromatic rings. The third kappa shape index (κ3) is 4.56. The first-order chi connectivity index (χ1) is 12.1. The van der Waals surface area contributed by atoms with Crippen LogP contribution in [0.4, 0.5) is 0 Å². The lowest BCUT2D eigenvalue weighted by molar-refractivity contribution is -0.170. The van der Waals surface area contributed by atoms with Crippen LogP contribution < -0.4 is 0 Å². The highest BCUT2D eigenvalue weighted by Crippen LogP contribution is 2.57. The molecule has 0 spiro atoms. The van der Waals surface area contributed by atoms with Gasteiger partial charge in [0.25, 0.3) is 0 Å². The fourth-order valence-electron chi connectivity index (χ4n) is 6.13.